The smallest absolute Gasteiger partial charge is 0.316 e. The Morgan fingerprint density at radius 1 is 1.44 bits per heavy atom. The number of fused-ring (bicyclic) bond motifs is 3. The van der Waals surface area contributed by atoms with E-state index in [-0.39, 0.29) is 23.4 Å². The Bertz CT molecular complexity index is 1040. The highest BCUT2D eigenvalue weighted by Crippen LogP contribution is 2.32. The third kappa shape index (κ3) is 3.74. The van der Waals surface area contributed by atoms with Gasteiger partial charge in [-0.1, -0.05) is 30.0 Å². The Kier molecular flexibility index (Phi) is 5.47. The summed E-state index contributed by atoms with van der Waals surface area (Å²) >= 11 is 2.71. The van der Waals surface area contributed by atoms with E-state index in [1.165, 1.54) is 23.1 Å². The predicted molar refractivity (Wildman–Crippen MR) is 108 cm³/mol. The second-order valence-electron chi connectivity index (χ2n) is 6.31. The molecule has 27 heavy (non-hydrogen) atoms. The fourth-order valence-electron chi connectivity index (χ4n) is 3.24. The maximum atomic E-state index is 13.2. The maximum Gasteiger partial charge on any atom is 0.316 e. The second kappa shape index (κ2) is 8.00. The van der Waals surface area contributed by atoms with Crippen LogP contribution in [0.25, 0.3) is 20.3 Å². The van der Waals surface area contributed by atoms with Crippen LogP contribution in [0.5, 0.6) is 0 Å². The van der Waals surface area contributed by atoms with Crippen LogP contribution in [0.1, 0.15) is 19.8 Å². The number of aromatic nitrogens is 2. The van der Waals surface area contributed by atoms with Gasteiger partial charge in [-0.3, -0.25) is 14.2 Å². The molecule has 1 aliphatic rings. The van der Waals surface area contributed by atoms with Crippen molar-refractivity contribution in [3.8, 4) is 0 Å². The minimum atomic E-state index is -0.310. The molecular formula is C19H20N2O4S2. The van der Waals surface area contributed by atoms with Gasteiger partial charge in [0, 0.05) is 16.7 Å². The first kappa shape index (κ1) is 18.5. The number of benzene rings is 1. The lowest BCUT2D eigenvalue weighted by atomic mass is 10.2. The summed E-state index contributed by atoms with van der Waals surface area (Å²) in [6.07, 6.45) is 1.94. The van der Waals surface area contributed by atoms with E-state index in [1.54, 1.807) is 11.5 Å². The van der Waals surface area contributed by atoms with Crippen LogP contribution in [0.15, 0.2) is 34.2 Å². The molecule has 2 aromatic heterocycles. The van der Waals surface area contributed by atoms with Gasteiger partial charge >= 0.3 is 5.97 Å². The molecule has 4 rings (SSSR count). The van der Waals surface area contributed by atoms with Crippen molar-refractivity contribution in [2.75, 3.05) is 19.0 Å². The molecule has 0 N–H and O–H groups in total. The fourth-order valence-corrected chi connectivity index (χ4v) is 5.13. The van der Waals surface area contributed by atoms with Crippen molar-refractivity contribution < 1.29 is 14.3 Å². The minimum absolute atomic E-state index is 0.0123. The minimum Gasteiger partial charge on any atom is -0.465 e. The van der Waals surface area contributed by atoms with E-state index in [9.17, 15) is 9.59 Å². The van der Waals surface area contributed by atoms with Crippen molar-refractivity contribution >= 4 is 49.4 Å². The third-order valence-electron chi connectivity index (χ3n) is 4.48. The van der Waals surface area contributed by atoms with Crippen LogP contribution in [-0.2, 0) is 20.8 Å². The van der Waals surface area contributed by atoms with Crippen molar-refractivity contribution in [1.29, 1.82) is 0 Å². The molecule has 3 heterocycles. The fraction of sp³-hybridized carbons (Fsp3) is 0.421. The Hall–Kier alpha value is -1.90. The van der Waals surface area contributed by atoms with Gasteiger partial charge in [0.15, 0.2) is 5.16 Å². The van der Waals surface area contributed by atoms with Gasteiger partial charge in [0.05, 0.1) is 30.5 Å². The van der Waals surface area contributed by atoms with Crippen molar-refractivity contribution in [2.24, 2.45) is 0 Å². The number of carbonyl (C=O) groups is 1. The summed E-state index contributed by atoms with van der Waals surface area (Å²) < 4.78 is 14.1. The van der Waals surface area contributed by atoms with Crippen molar-refractivity contribution in [2.45, 2.75) is 37.6 Å². The highest BCUT2D eigenvalue weighted by molar-refractivity contribution is 7.99. The number of hydrogen-bond donors (Lipinski definition) is 0. The van der Waals surface area contributed by atoms with Crippen molar-refractivity contribution in [3.05, 3.63) is 34.6 Å². The SMILES string of the molecule is CCOC(=O)CSc1nc2c(sc3ccccc32)c(=O)n1CC1CCCO1. The van der Waals surface area contributed by atoms with E-state index in [2.05, 4.69) is 0 Å². The zero-order valence-corrected chi connectivity index (χ0v) is 16.6. The lowest BCUT2D eigenvalue weighted by Crippen LogP contribution is -2.28. The first-order valence-corrected chi connectivity index (χ1v) is 10.8. The van der Waals surface area contributed by atoms with Gasteiger partial charge in [0.25, 0.3) is 5.56 Å². The number of thiophene rings is 1. The van der Waals surface area contributed by atoms with Crippen LogP contribution in [-0.4, -0.2) is 40.6 Å². The average molecular weight is 405 g/mol. The number of hydrogen-bond acceptors (Lipinski definition) is 7. The number of thioether (sulfide) groups is 1. The molecular weight excluding hydrogens is 384 g/mol. The van der Waals surface area contributed by atoms with Crippen LogP contribution in [0, 0.1) is 0 Å². The molecule has 3 aromatic rings. The van der Waals surface area contributed by atoms with Gasteiger partial charge in [0.1, 0.15) is 4.70 Å². The van der Waals surface area contributed by atoms with Crippen LogP contribution in [0.3, 0.4) is 0 Å². The standard InChI is InChI=1S/C19H20N2O4S2/c1-2-24-15(22)11-26-19-20-16-13-7-3-4-8-14(13)27-17(16)18(23)21(19)10-12-6-5-9-25-12/h3-4,7-8,12H,2,5-6,9-11H2,1H3. The van der Waals surface area contributed by atoms with Gasteiger partial charge in [-0.15, -0.1) is 11.3 Å². The topological polar surface area (TPSA) is 70.4 Å². The number of esters is 1. The summed E-state index contributed by atoms with van der Waals surface area (Å²) in [6, 6.07) is 7.88. The van der Waals surface area contributed by atoms with Crippen LogP contribution < -0.4 is 5.56 Å². The second-order valence-corrected chi connectivity index (χ2v) is 8.31. The maximum absolute atomic E-state index is 13.2. The molecule has 0 saturated carbocycles. The molecule has 1 aromatic carbocycles. The van der Waals surface area contributed by atoms with Crippen LogP contribution in [0.4, 0.5) is 0 Å². The van der Waals surface area contributed by atoms with E-state index in [4.69, 9.17) is 14.5 Å². The molecule has 0 amide bonds. The normalized spacial score (nSPS) is 17.0. The van der Waals surface area contributed by atoms with Crippen LogP contribution in [0.2, 0.25) is 0 Å². The quantitative estimate of drug-likeness (QED) is 0.356. The molecule has 0 spiro atoms. The molecule has 0 bridgehead atoms. The monoisotopic (exact) mass is 404 g/mol. The summed E-state index contributed by atoms with van der Waals surface area (Å²) in [5.41, 5.74) is 0.638. The Labute approximate surface area is 164 Å². The number of rotatable bonds is 6. The van der Waals surface area contributed by atoms with Crippen LogP contribution >= 0.6 is 23.1 Å². The Morgan fingerprint density at radius 2 is 2.30 bits per heavy atom. The zero-order valence-electron chi connectivity index (χ0n) is 15.0. The van der Waals surface area contributed by atoms with Gasteiger partial charge in [-0.05, 0) is 25.8 Å². The zero-order chi connectivity index (χ0) is 18.8. The molecule has 0 radical (unpaired) electrons. The van der Waals surface area contributed by atoms with E-state index in [1.807, 2.05) is 24.3 Å². The number of carbonyl (C=O) groups excluding carboxylic acids is 1. The third-order valence-corrected chi connectivity index (χ3v) is 6.58. The van der Waals surface area contributed by atoms with E-state index < -0.39 is 0 Å². The molecule has 142 valence electrons. The molecule has 1 unspecified atom stereocenters. The molecule has 8 heteroatoms. The lowest BCUT2D eigenvalue weighted by Gasteiger charge is -2.15. The summed E-state index contributed by atoms with van der Waals surface area (Å²) in [6.45, 7) is 3.30. The van der Waals surface area contributed by atoms with Crippen molar-refractivity contribution in [3.63, 3.8) is 0 Å². The van der Waals surface area contributed by atoms with E-state index >= 15 is 0 Å². The summed E-state index contributed by atoms with van der Waals surface area (Å²) in [5.74, 6) is -0.185. The molecule has 1 fully saturated rings. The molecule has 0 aliphatic carbocycles. The van der Waals surface area contributed by atoms with Gasteiger partial charge < -0.3 is 9.47 Å². The van der Waals surface area contributed by atoms with E-state index in [0.717, 1.165) is 29.5 Å². The molecule has 6 nitrogen and oxygen atoms in total. The first-order valence-electron chi connectivity index (χ1n) is 8.99. The average Bonchev–Trinajstić information content (AvgIpc) is 3.31. The predicted octanol–water partition coefficient (Wildman–Crippen LogP) is 3.45. The Morgan fingerprint density at radius 3 is 3.07 bits per heavy atom. The number of ether oxygens (including phenoxy) is 2. The molecule has 1 atom stereocenters. The summed E-state index contributed by atoms with van der Waals surface area (Å²) in [7, 11) is 0. The Balaban J connectivity index is 1.79. The molecule has 1 saturated heterocycles. The summed E-state index contributed by atoms with van der Waals surface area (Å²) in [4.78, 5) is 29.8. The summed E-state index contributed by atoms with van der Waals surface area (Å²) in [5, 5.41) is 1.51. The highest BCUT2D eigenvalue weighted by atomic mass is 32.2. The lowest BCUT2D eigenvalue weighted by molar-refractivity contribution is -0.139. The van der Waals surface area contributed by atoms with E-state index in [0.29, 0.717) is 28.5 Å². The van der Waals surface area contributed by atoms with Gasteiger partial charge in [-0.2, -0.15) is 0 Å². The van der Waals surface area contributed by atoms with Gasteiger partial charge in [0.2, 0.25) is 0 Å². The van der Waals surface area contributed by atoms with Gasteiger partial charge in [-0.25, -0.2) is 4.98 Å². The highest BCUT2D eigenvalue weighted by Gasteiger charge is 2.22. The largest absolute Gasteiger partial charge is 0.465 e. The molecule has 1 aliphatic heterocycles. The van der Waals surface area contributed by atoms with Crippen molar-refractivity contribution in [1.82, 2.24) is 9.55 Å². The first-order chi connectivity index (χ1) is 13.2. The number of nitrogens with zero attached hydrogens (tertiary/aromatic N) is 2.